The molecule has 0 fully saturated rings. The zero-order valence-corrected chi connectivity index (χ0v) is 13.4. The summed E-state index contributed by atoms with van der Waals surface area (Å²) in [5.41, 5.74) is 2.26. The molecule has 0 saturated heterocycles. The lowest BCUT2D eigenvalue weighted by Crippen LogP contribution is -2.12. The van der Waals surface area contributed by atoms with Crippen molar-refractivity contribution >= 4 is 10.9 Å². The largest absolute Gasteiger partial charge is 0.478 e. The second-order valence-electron chi connectivity index (χ2n) is 5.80. The first kappa shape index (κ1) is 15.8. The molecule has 0 atom stereocenters. The van der Waals surface area contributed by atoms with Crippen molar-refractivity contribution in [2.24, 2.45) is 5.92 Å². The summed E-state index contributed by atoms with van der Waals surface area (Å²) in [6, 6.07) is 10.3. The maximum Gasteiger partial charge on any atom is 0.214 e. The number of benzene rings is 1. The average Bonchev–Trinajstić information content (AvgIpc) is 2.49. The van der Waals surface area contributed by atoms with E-state index in [1.165, 1.54) is 17.4 Å². The maximum absolute atomic E-state index is 5.85. The third-order valence-electron chi connectivity index (χ3n) is 3.52. The van der Waals surface area contributed by atoms with Gasteiger partial charge in [-0.05, 0) is 36.9 Å². The van der Waals surface area contributed by atoms with Crippen LogP contribution in [0.3, 0.4) is 0 Å². The maximum atomic E-state index is 5.85. The number of para-hydroxylation sites is 1. The number of hydrogen-bond donors (Lipinski definition) is 1. The minimum atomic E-state index is 0.725. The molecule has 114 valence electrons. The number of pyridine rings is 1. The van der Waals surface area contributed by atoms with Gasteiger partial charge in [0.25, 0.3) is 0 Å². The van der Waals surface area contributed by atoms with Gasteiger partial charge in [-0.2, -0.15) is 0 Å². The number of fused-ring (bicyclic) bond motifs is 1. The molecule has 0 aliphatic rings. The van der Waals surface area contributed by atoms with Crippen LogP contribution in [0.4, 0.5) is 0 Å². The predicted molar refractivity (Wildman–Crippen MR) is 88.7 cm³/mol. The molecule has 2 rings (SSSR count). The normalized spacial score (nSPS) is 11.2. The summed E-state index contributed by atoms with van der Waals surface area (Å²) >= 11 is 0. The second kappa shape index (κ2) is 7.99. The zero-order chi connectivity index (χ0) is 15.1. The van der Waals surface area contributed by atoms with Crippen molar-refractivity contribution in [1.29, 1.82) is 0 Å². The van der Waals surface area contributed by atoms with Gasteiger partial charge in [-0.1, -0.05) is 39.0 Å². The molecule has 3 nitrogen and oxygen atoms in total. The third kappa shape index (κ3) is 4.71. The first-order chi connectivity index (χ1) is 10.2. The molecule has 0 saturated carbocycles. The molecule has 1 heterocycles. The van der Waals surface area contributed by atoms with Crippen LogP contribution in [0, 0.1) is 5.92 Å². The van der Waals surface area contributed by atoms with Gasteiger partial charge in [-0.15, -0.1) is 0 Å². The standard InChI is InChI=1S/C18H26N2O/c1-4-19-13-15-12-18(21-11-7-8-14(2)3)20-17-10-6-5-9-16(15)17/h5-6,9-10,12,14,19H,4,7-8,11,13H2,1-3H3. The summed E-state index contributed by atoms with van der Waals surface area (Å²) in [6.07, 6.45) is 2.27. The minimum absolute atomic E-state index is 0.725. The van der Waals surface area contributed by atoms with Gasteiger partial charge in [0.1, 0.15) is 0 Å². The Morgan fingerprint density at radius 3 is 2.81 bits per heavy atom. The van der Waals surface area contributed by atoms with E-state index in [4.69, 9.17) is 4.74 Å². The number of hydrogen-bond acceptors (Lipinski definition) is 3. The molecular weight excluding hydrogens is 260 g/mol. The van der Waals surface area contributed by atoms with E-state index >= 15 is 0 Å². The van der Waals surface area contributed by atoms with Crippen LogP contribution in [0.2, 0.25) is 0 Å². The fourth-order valence-electron chi connectivity index (χ4n) is 2.37. The van der Waals surface area contributed by atoms with E-state index in [-0.39, 0.29) is 0 Å². The second-order valence-corrected chi connectivity index (χ2v) is 5.80. The molecule has 0 aliphatic carbocycles. The lowest BCUT2D eigenvalue weighted by atomic mass is 10.1. The highest BCUT2D eigenvalue weighted by molar-refractivity contribution is 5.82. The van der Waals surface area contributed by atoms with Crippen molar-refractivity contribution in [1.82, 2.24) is 10.3 Å². The molecule has 0 unspecified atom stereocenters. The molecule has 21 heavy (non-hydrogen) atoms. The van der Waals surface area contributed by atoms with Gasteiger partial charge in [0.2, 0.25) is 5.88 Å². The highest BCUT2D eigenvalue weighted by atomic mass is 16.5. The van der Waals surface area contributed by atoms with Gasteiger partial charge in [-0.25, -0.2) is 4.98 Å². The zero-order valence-electron chi connectivity index (χ0n) is 13.4. The van der Waals surface area contributed by atoms with E-state index in [0.29, 0.717) is 0 Å². The van der Waals surface area contributed by atoms with Gasteiger partial charge >= 0.3 is 0 Å². The van der Waals surface area contributed by atoms with Crippen LogP contribution in [-0.4, -0.2) is 18.1 Å². The molecule has 0 radical (unpaired) electrons. The van der Waals surface area contributed by atoms with E-state index in [1.54, 1.807) is 0 Å². The summed E-state index contributed by atoms with van der Waals surface area (Å²) in [5.74, 6) is 1.47. The quantitative estimate of drug-likeness (QED) is 0.740. The smallest absolute Gasteiger partial charge is 0.214 e. The van der Waals surface area contributed by atoms with Gasteiger partial charge in [-0.3, -0.25) is 0 Å². The number of nitrogens with zero attached hydrogens (tertiary/aromatic N) is 1. The Balaban J connectivity index is 2.12. The van der Waals surface area contributed by atoms with Crippen LogP contribution in [-0.2, 0) is 6.54 Å². The summed E-state index contributed by atoms with van der Waals surface area (Å²) in [4.78, 5) is 4.61. The van der Waals surface area contributed by atoms with E-state index in [9.17, 15) is 0 Å². The van der Waals surface area contributed by atoms with E-state index in [2.05, 4.69) is 49.3 Å². The lowest BCUT2D eigenvalue weighted by molar-refractivity contribution is 0.288. The van der Waals surface area contributed by atoms with Crippen LogP contribution in [0.1, 0.15) is 39.2 Å². The Kier molecular flexibility index (Phi) is 6.00. The first-order valence-corrected chi connectivity index (χ1v) is 7.93. The van der Waals surface area contributed by atoms with Crippen molar-refractivity contribution in [3.05, 3.63) is 35.9 Å². The molecule has 0 amide bonds. The molecule has 0 bridgehead atoms. The minimum Gasteiger partial charge on any atom is -0.478 e. The van der Waals surface area contributed by atoms with E-state index in [1.807, 2.05) is 12.1 Å². The predicted octanol–water partition coefficient (Wildman–Crippen LogP) is 4.16. The average molecular weight is 286 g/mol. The third-order valence-corrected chi connectivity index (χ3v) is 3.52. The topological polar surface area (TPSA) is 34.1 Å². The SMILES string of the molecule is CCNCc1cc(OCCCC(C)C)nc2ccccc12. The van der Waals surface area contributed by atoms with E-state index in [0.717, 1.165) is 43.4 Å². The lowest BCUT2D eigenvalue weighted by Gasteiger charge is -2.11. The van der Waals surface area contributed by atoms with Crippen molar-refractivity contribution in [3.63, 3.8) is 0 Å². The van der Waals surface area contributed by atoms with Crippen molar-refractivity contribution in [2.75, 3.05) is 13.2 Å². The first-order valence-electron chi connectivity index (χ1n) is 7.93. The Labute approximate surface area is 127 Å². The van der Waals surface area contributed by atoms with Crippen LogP contribution in [0.15, 0.2) is 30.3 Å². The molecule has 1 aromatic carbocycles. The van der Waals surface area contributed by atoms with Gasteiger partial charge in [0.05, 0.1) is 12.1 Å². The molecule has 0 aliphatic heterocycles. The van der Waals surface area contributed by atoms with Crippen LogP contribution in [0.25, 0.3) is 10.9 Å². The fraction of sp³-hybridized carbons (Fsp3) is 0.500. The highest BCUT2D eigenvalue weighted by Gasteiger charge is 2.06. The van der Waals surface area contributed by atoms with Crippen molar-refractivity contribution in [3.8, 4) is 5.88 Å². The number of ether oxygens (including phenoxy) is 1. The summed E-state index contributed by atoms with van der Waals surface area (Å²) in [6.45, 7) is 9.14. The molecular formula is C18H26N2O. The Morgan fingerprint density at radius 1 is 1.24 bits per heavy atom. The van der Waals surface area contributed by atoms with Crippen LogP contribution >= 0.6 is 0 Å². The number of aromatic nitrogens is 1. The highest BCUT2D eigenvalue weighted by Crippen LogP contribution is 2.22. The Hall–Kier alpha value is -1.61. The fourth-order valence-corrected chi connectivity index (χ4v) is 2.37. The van der Waals surface area contributed by atoms with Crippen LogP contribution in [0.5, 0.6) is 5.88 Å². The van der Waals surface area contributed by atoms with Gasteiger partial charge < -0.3 is 10.1 Å². The van der Waals surface area contributed by atoms with Gasteiger partial charge in [0.15, 0.2) is 0 Å². The summed E-state index contributed by atoms with van der Waals surface area (Å²) in [5, 5.41) is 4.58. The van der Waals surface area contributed by atoms with Crippen molar-refractivity contribution in [2.45, 2.75) is 40.2 Å². The number of nitrogens with one attached hydrogen (secondary N) is 1. The Morgan fingerprint density at radius 2 is 2.05 bits per heavy atom. The molecule has 1 N–H and O–H groups in total. The van der Waals surface area contributed by atoms with Crippen molar-refractivity contribution < 1.29 is 4.74 Å². The summed E-state index contributed by atoms with van der Waals surface area (Å²) < 4.78 is 5.85. The molecule has 2 aromatic rings. The molecule has 3 heteroatoms. The van der Waals surface area contributed by atoms with Crippen LogP contribution < -0.4 is 10.1 Å². The molecule has 1 aromatic heterocycles. The number of rotatable bonds is 8. The van der Waals surface area contributed by atoms with Gasteiger partial charge in [0, 0.05) is 18.0 Å². The van der Waals surface area contributed by atoms with E-state index < -0.39 is 0 Å². The Bertz CT molecular complexity index is 566. The monoisotopic (exact) mass is 286 g/mol. The molecule has 0 spiro atoms. The summed E-state index contributed by atoms with van der Waals surface area (Å²) in [7, 11) is 0.